The lowest BCUT2D eigenvalue weighted by atomic mass is 9.75. The largest absolute Gasteiger partial charge is 0.197 e. The van der Waals surface area contributed by atoms with Crippen LogP contribution in [0.25, 0.3) is 0 Å². The summed E-state index contributed by atoms with van der Waals surface area (Å²) in [5.74, 6) is 0. The summed E-state index contributed by atoms with van der Waals surface area (Å²) < 4.78 is 0. The van der Waals surface area contributed by atoms with Crippen molar-refractivity contribution in [3.8, 4) is 12.1 Å². The topological polar surface area (TPSA) is 47.6 Å². The quantitative estimate of drug-likeness (QED) is 0.755. The molecule has 82 valence electrons. The summed E-state index contributed by atoms with van der Waals surface area (Å²) in [6.07, 6.45) is 0. The molecule has 0 spiro atoms. The van der Waals surface area contributed by atoms with Gasteiger partial charge in [0.25, 0.3) is 0 Å². The molecule has 0 bridgehead atoms. The first-order valence-electron chi connectivity index (χ1n) is 5.27. The summed E-state index contributed by atoms with van der Waals surface area (Å²) in [4.78, 5) is 0. The maximum absolute atomic E-state index is 9.18. The van der Waals surface area contributed by atoms with Crippen molar-refractivity contribution in [2.45, 2.75) is 38.5 Å². The van der Waals surface area contributed by atoms with Crippen LogP contribution >= 0.6 is 0 Å². The Bertz CT molecular complexity index is 425. The highest BCUT2D eigenvalue weighted by atomic mass is 14.4. The molecule has 2 nitrogen and oxygen atoms in total. The second kappa shape index (κ2) is 3.99. The van der Waals surface area contributed by atoms with Gasteiger partial charge in [-0.25, -0.2) is 0 Å². The maximum Gasteiger partial charge on any atom is 0.0769 e. The van der Waals surface area contributed by atoms with E-state index in [4.69, 9.17) is 0 Å². The Hall–Kier alpha value is -1.80. The number of nitrogens with zero attached hydrogens (tertiary/aromatic N) is 2. The minimum atomic E-state index is -0.565. The molecule has 2 heteroatoms. The number of hydrogen-bond acceptors (Lipinski definition) is 2. The molecule has 0 radical (unpaired) electrons. The second-order valence-corrected chi connectivity index (χ2v) is 5.02. The molecule has 0 fully saturated rings. The van der Waals surface area contributed by atoms with Gasteiger partial charge in [0.2, 0.25) is 0 Å². The smallest absolute Gasteiger partial charge is 0.0769 e. The SMILES string of the molecule is CC(C)(C#N)c1ccccc1C(C)(C)C#N. The third-order valence-electron chi connectivity index (χ3n) is 2.83. The molecule has 0 aromatic heterocycles. The lowest BCUT2D eigenvalue weighted by Crippen LogP contribution is -2.24. The molecule has 0 N–H and O–H groups in total. The predicted molar refractivity (Wildman–Crippen MR) is 63.7 cm³/mol. The molecule has 0 atom stereocenters. The number of nitriles is 2. The monoisotopic (exact) mass is 212 g/mol. The Labute approximate surface area is 97.1 Å². The molecule has 0 saturated carbocycles. The van der Waals surface area contributed by atoms with Crippen LogP contribution in [-0.2, 0) is 10.8 Å². The molecule has 0 aliphatic rings. The third-order valence-corrected chi connectivity index (χ3v) is 2.83. The zero-order chi connectivity index (χ0) is 12.4. The first-order valence-corrected chi connectivity index (χ1v) is 5.27. The first kappa shape index (κ1) is 12.3. The Morgan fingerprint density at radius 2 is 1.12 bits per heavy atom. The van der Waals surface area contributed by atoms with Gasteiger partial charge in [0.15, 0.2) is 0 Å². The number of hydrogen-bond donors (Lipinski definition) is 0. The molecular formula is C14H16N2. The molecule has 0 aliphatic carbocycles. The van der Waals surface area contributed by atoms with Crippen molar-refractivity contribution in [2.75, 3.05) is 0 Å². The zero-order valence-electron chi connectivity index (χ0n) is 10.2. The third kappa shape index (κ3) is 2.07. The summed E-state index contributed by atoms with van der Waals surface area (Å²) in [6, 6.07) is 12.2. The van der Waals surface area contributed by atoms with Crippen molar-refractivity contribution in [3.63, 3.8) is 0 Å². The van der Waals surface area contributed by atoms with E-state index in [1.165, 1.54) is 0 Å². The van der Waals surface area contributed by atoms with Crippen molar-refractivity contribution < 1.29 is 0 Å². The van der Waals surface area contributed by atoms with Crippen LogP contribution in [0.1, 0.15) is 38.8 Å². The van der Waals surface area contributed by atoms with Crippen LogP contribution in [-0.4, -0.2) is 0 Å². The molecule has 0 saturated heterocycles. The zero-order valence-corrected chi connectivity index (χ0v) is 10.2. The van der Waals surface area contributed by atoms with Crippen LogP contribution in [0, 0.1) is 22.7 Å². The fraction of sp³-hybridized carbons (Fsp3) is 0.429. The Kier molecular flexibility index (Phi) is 3.06. The Morgan fingerprint density at radius 1 is 0.812 bits per heavy atom. The van der Waals surface area contributed by atoms with Crippen molar-refractivity contribution >= 4 is 0 Å². The predicted octanol–water partition coefficient (Wildman–Crippen LogP) is 3.29. The molecule has 16 heavy (non-hydrogen) atoms. The number of rotatable bonds is 2. The summed E-state index contributed by atoms with van der Waals surface area (Å²) in [5, 5.41) is 18.4. The highest BCUT2D eigenvalue weighted by Crippen LogP contribution is 2.33. The minimum absolute atomic E-state index is 0.565. The Morgan fingerprint density at radius 3 is 1.38 bits per heavy atom. The fourth-order valence-electron chi connectivity index (χ4n) is 1.69. The van der Waals surface area contributed by atoms with Crippen LogP contribution in [0.2, 0.25) is 0 Å². The summed E-state index contributed by atoms with van der Waals surface area (Å²) in [7, 11) is 0. The molecule has 0 aliphatic heterocycles. The molecule has 1 aromatic carbocycles. The van der Waals surface area contributed by atoms with Gasteiger partial charge in [0.1, 0.15) is 0 Å². The maximum atomic E-state index is 9.18. The number of benzene rings is 1. The Balaban J connectivity index is 3.46. The van der Waals surface area contributed by atoms with Gasteiger partial charge in [0.05, 0.1) is 23.0 Å². The second-order valence-electron chi connectivity index (χ2n) is 5.02. The van der Waals surface area contributed by atoms with E-state index in [1.54, 1.807) is 0 Å². The van der Waals surface area contributed by atoms with Gasteiger partial charge in [-0.15, -0.1) is 0 Å². The van der Waals surface area contributed by atoms with E-state index in [1.807, 2.05) is 52.0 Å². The highest BCUT2D eigenvalue weighted by Gasteiger charge is 2.30. The molecule has 0 heterocycles. The van der Waals surface area contributed by atoms with Crippen LogP contribution < -0.4 is 0 Å². The lowest BCUT2D eigenvalue weighted by molar-refractivity contribution is 0.621. The molecule has 1 rings (SSSR count). The lowest BCUT2D eigenvalue weighted by Gasteiger charge is -2.26. The van der Waals surface area contributed by atoms with Crippen LogP contribution in [0.15, 0.2) is 24.3 Å². The van der Waals surface area contributed by atoms with Crippen molar-refractivity contribution in [1.29, 1.82) is 10.5 Å². The molecule has 1 aromatic rings. The normalized spacial score (nSPS) is 11.6. The first-order chi connectivity index (χ1) is 7.35. The van der Waals surface area contributed by atoms with Gasteiger partial charge < -0.3 is 0 Å². The van der Waals surface area contributed by atoms with E-state index in [9.17, 15) is 10.5 Å². The van der Waals surface area contributed by atoms with E-state index in [-0.39, 0.29) is 0 Å². The van der Waals surface area contributed by atoms with Gasteiger partial charge in [0, 0.05) is 0 Å². The van der Waals surface area contributed by atoms with Crippen LogP contribution in [0.4, 0.5) is 0 Å². The van der Waals surface area contributed by atoms with Crippen LogP contribution in [0.5, 0.6) is 0 Å². The fourth-order valence-corrected chi connectivity index (χ4v) is 1.69. The molecule has 0 amide bonds. The van der Waals surface area contributed by atoms with Gasteiger partial charge >= 0.3 is 0 Å². The minimum Gasteiger partial charge on any atom is -0.197 e. The van der Waals surface area contributed by atoms with Crippen molar-refractivity contribution in [1.82, 2.24) is 0 Å². The molecule has 0 unspecified atom stereocenters. The van der Waals surface area contributed by atoms with Gasteiger partial charge in [-0.3, -0.25) is 0 Å². The van der Waals surface area contributed by atoms with E-state index in [0.717, 1.165) is 11.1 Å². The van der Waals surface area contributed by atoms with Crippen molar-refractivity contribution in [3.05, 3.63) is 35.4 Å². The highest BCUT2D eigenvalue weighted by molar-refractivity contribution is 5.44. The summed E-state index contributed by atoms with van der Waals surface area (Å²) in [6.45, 7) is 7.50. The average molecular weight is 212 g/mol. The molecular weight excluding hydrogens is 196 g/mol. The standard InChI is InChI=1S/C14H16N2/c1-13(2,9-15)11-7-5-6-8-12(11)14(3,4)10-16/h5-8H,1-4H3. The van der Waals surface area contributed by atoms with Gasteiger partial charge in [-0.05, 0) is 38.8 Å². The summed E-state index contributed by atoms with van der Waals surface area (Å²) >= 11 is 0. The van der Waals surface area contributed by atoms with E-state index >= 15 is 0 Å². The van der Waals surface area contributed by atoms with E-state index < -0.39 is 10.8 Å². The van der Waals surface area contributed by atoms with Crippen LogP contribution in [0.3, 0.4) is 0 Å². The van der Waals surface area contributed by atoms with E-state index in [2.05, 4.69) is 12.1 Å². The average Bonchev–Trinajstić information content (AvgIpc) is 2.29. The van der Waals surface area contributed by atoms with Gasteiger partial charge in [-0.2, -0.15) is 10.5 Å². The van der Waals surface area contributed by atoms with Crippen molar-refractivity contribution in [2.24, 2.45) is 0 Å². The van der Waals surface area contributed by atoms with E-state index in [0.29, 0.717) is 0 Å². The summed E-state index contributed by atoms with van der Waals surface area (Å²) in [5.41, 5.74) is 0.739. The van der Waals surface area contributed by atoms with Gasteiger partial charge in [-0.1, -0.05) is 24.3 Å².